The number of hydrogen-bond donors (Lipinski definition) is 0. The lowest BCUT2D eigenvalue weighted by Crippen LogP contribution is -2.17. The zero-order valence-electron chi connectivity index (χ0n) is 11.5. The molecule has 0 heterocycles. The molecule has 24 heavy (non-hydrogen) atoms. The molecule has 2 rings (SSSR count). The number of ether oxygens (including phenoxy) is 1. The van der Waals surface area contributed by atoms with Crippen molar-refractivity contribution >= 4 is 0 Å². The van der Waals surface area contributed by atoms with Crippen LogP contribution in [-0.4, -0.2) is 6.36 Å². The van der Waals surface area contributed by atoms with Crippen LogP contribution in [0.2, 0.25) is 0 Å². The Hall–Kier alpha value is -2.76. The summed E-state index contributed by atoms with van der Waals surface area (Å²) in [5.41, 5.74) is -2.61. The first-order valence-corrected chi connectivity index (χ1v) is 6.18. The van der Waals surface area contributed by atoms with Gasteiger partial charge in [-0.05, 0) is 36.4 Å². The second-order valence-corrected chi connectivity index (χ2v) is 4.56. The molecule has 2 nitrogen and oxygen atoms in total. The molecule has 0 bridgehead atoms. The highest BCUT2D eigenvalue weighted by atomic mass is 19.4. The minimum atomic E-state index is -5.04. The zero-order chi connectivity index (χ0) is 18.1. The monoisotopic (exact) mass is 349 g/mol. The van der Waals surface area contributed by atoms with E-state index < -0.39 is 40.8 Å². The minimum absolute atomic E-state index is 0.303. The van der Waals surface area contributed by atoms with E-state index in [2.05, 4.69) is 4.74 Å². The summed E-state index contributed by atoms with van der Waals surface area (Å²) in [5, 5.41) is 8.97. The van der Waals surface area contributed by atoms with Gasteiger partial charge in [0.25, 0.3) is 0 Å². The van der Waals surface area contributed by atoms with Crippen molar-refractivity contribution in [2.75, 3.05) is 0 Å². The topological polar surface area (TPSA) is 33.0 Å². The second-order valence-electron chi connectivity index (χ2n) is 4.56. The summed E-state index contributed by atoms with van der Waals surface area (Å²) in [7, 11) is 0. The van der Waals surface area contributed by atoms with Gasteiger partial charge in [0, 0.05) is 11.1 Å². The molecular formula is C15H6F7NO. The Labute approximate surface area is 130 Å². The minimum Gasteiger partial charge on any atom is -0.406 e. The fourth-order valence-corrected chi connectivity index (χ4v) is 1.95. The molecule has 0 aromatic heterocycles. The van der Waals surface area contributed by atoms with Gasteiger partial charge in [0.1, 0.15) is 11.6 Å². The summed E-state index contributed by atoms with van der Waals surface area (Å²) in [4.78, 5) is 0. The van der Waals surface area contributed by atoms with Crippen molar-refractivity contribution in [1.29, 1.82) is 5.26 Å². The Balaban J connectivity index is 2.63. The van der Waals surface area contributed by atoms with E-state index >= 15 is 0 Å². The van der Waals surface area contributed by atoms with Crippen molar-refractivity contribution in [2.45, 2.75) is 12.5 Å². The smallest absolute Gasteiger partial charge is 0.406 e. The number of benzene rings is 2. The highest BCUT2D eigenvalue weighted by Crippen LogP contribution is 2.36. The van der Waals surface area contributed by atoms with Crippen LogP contribution in [0.1, 0.15) is 11.1 Å². The van der Waals surface area contributed by atoms with Gasteiger partial charge in [-0.3, -0.25) is 0 Å². The molecule has 2 aromatic carbocycles. The van der Waals surface area contributed by atoms with E-state index in [1.165, 1.54) is 0 Å². The molecular weight excluding hydrogens is 343 g/mol. The fourth-order valence-electron chi connectivity index (χ4n) is 1.95. The number of hydrogen-bond acceptors (Lipinski definition) is 2. The Bertz CT molecular complexity index is 803. The molecule has 0 unspecified atom stereocenters. The van der Waals surface area contributed by atoms with E-state index in [1.54, 1.807) is 6.07 Å². The van der Waals surface area contributed by atoms with Gasteiger partial charge < -0.3 is 4.74 Å². The van der Waals surface area contributed by atoms with Gasteiger partial charge in [0.05, 0.1) is 17.2 Å². The van der Waals surface area contributed by atoms with Gasteiger partial charge >= 0.3 is 12.5 Å². The van der Waals surface area contributed by atoms with Crippen molar-refractivity contribution in [3.05, 3.63) is 53.3 Å². The van der Waals surface area contributed by atoms with Crippen LogP contribution < -0.4 is 4.74 Å². The summed E-state index contributed by atoms with van der Waals surface area (Å²) in [6.07, 6.45) is -9.83. The van der Waals surface area contributed by atoms with Crippen molar-refractivity contribution in [1.82, 2.24) is 0 Å². The number of halogens is 7. The third kappa shape index (κ3) is 3.95. The maximum atomic E-state index is 13.9. The molecule has 126 valence electrons. The van der Waals surface area contributed by atoms with E-state index in [-0.39, 0.29) is 5.56 Å². The largest absolute Gasteiger partial charge is 0.573 e. The van der Waals surface area contributed by atoms with Gasteiger partial charge in [-0.25, -0.2) is 4.39 Å². The van der Waals surface area contributed by atoms with Crippen LogP contribution >= 0.6 is 0 Å². The Kier molecular flexibility index (Phi) is 4.42. The van der Waals surface area contributed by atoms with Crippen LogP contribution in [0, 0.1) is 17.1 Å². The molecule has 0 aliphatic rings. The second kappa shape index (κ2) is 6.03. The molecule has 0 spiro atoms. The summed E-state index contributed by atoms with van der Waals surface area (Å²) in [5.74, 6) is -1.91. The Morgan fingerprint density at radius 3 is 2.08 bits per heavy atom. The average Bonchev–Trinajstić information content (AvgIpc) is 2.44. The third-order valence-corrected chi connectivity index (χ3v) is 2.93. The lowest BCUT2D eigenvalue weighted by Gasteiger charge is -2.13. The summed E-state index contributed by atoms with van der Waals surface area (Å²) in [6, 6.07) is 5.38. The van der Waals surface area contributed by atoms with E-state index in [1.807, 2.05) is 0 Å². The van der Waals surface area contributed by atoms with Crippen LogP contribution in [0.3, 0.4) is 0 Å². The average molecular weight is 349 g/mol. The Morgan fingerprint density at radius 1 is 0.875 bits per heavy atom. The summed E-state index contributed by atoms with van der Waals surface area (Å²) < 4.78 is 92.5. The summed E-state index contributed by atoms with van der Waals surface area (Å²) in [6.45, 7) is 0. The lowest BCUT2D eigenvalue weighted by atomic mass is 9.97. The molecule has 0 N–H and O–H groups in total. The van der Waals surface area contributed by atoms with Crippen molar-refractivity contribution in [2.24, 2.45) is 0 Å². The molecule has 0 amide bonds. The first-order valence-electron chi connectivity index (χ1n) is 6.18. The molecule has 0 atom stereocenters. The van der Waals surface area contributed by atoms with Crippen molar-refractivity contribution < 1.29 is 35.5 Å². The number of nitriles is 1. The molecule has 2 aromatic rings. The normalized spacial score (nSPS) is 11.9. The predicted octanol–water partition coefficient (Wildman–Crippen LogP) is 5.28. The Morgan fingerprint density at radius 2 is 1.54 bits per heavy atom. The fraction of sp³-hybridized carbons (Fsp3) is 0.133. The van der Waals surface area contributed by atoms with Gasteiger partial charge in [-0.2, -0.15) is 18.4 Å². The first kappa shape index (κ1) is 17.6. The lowest BCUT2D eigenvalue weighted by molar-refractivity contribution is -0.274. The maximum Gasteiger partial charge on any atom is 0.573 e. The predicted molar refractivity (Wildman–Crippen MR) is 68.2 cm³/mol. The molecule has 0 saturated carbocycles. The molecule has 9 heteroatoms. The SMILES string of the molecule is N#Cc1ccc(OC(F)(F)F)cc1-c1cc(C(F)(F)F)ccc1F. The molecule has 0 aliphatic heterocycles. The van der Waals surface area contributed by atoms with Crippen LogP contribution in [-0.2, 0) is 6.18 Å². The molecule has 0 aliphatic carbocycles. The van der Waals surface area contributed by atoms with Crippen LogP contribution in [0.25, 0.3) is 11.1 Å². The van der Waals surface area contributed by atoms with E-state index in [9.17, 15) is 30.7 Å². The van der Waals surface area contributed by atoms with Gasteiger partial charge in [0.15, 0.2) is 0 Å². The quantitative estimate of drug-likeness (QED) is 0.691. The maximum absolute atomic E-state index is 13.9. The number of rotatable bonds is 2. The van der Waals surface area contributed by atoms with Crippen molar-refractivity contribution in [3.8, 4) is 22.9 Å². The van der Waals surface area contributed by atoms with E-state index in [0.717, 1.165) is 12.1 Å². The standard InChI is InChI=1S/C15H6F7NO/c16-13-4-2-9(14(17,18)19)5-12(13)11-6-10(24-15(20,21)22)3-1-8(11)7-23/h1-6H. The van der Waals surface area contributed by atoms with E-state index in [0.29, 0.717) is 24.3 Å². The van der Waals surface area contributed by atoms with Crippen molar-refractivity contribution in [3.63, 3.8) is 0 Å². The highest BCUT2D eigenvalue weighted by molar-refractivity contribution is 5.73. The number of nitrogens with zero attached hydrogens (tertiary/aromatic N) is 1. The first-order chi connectivity index (χ1) is 11.0. The van der Waals surface area contributed by atoms with Gasteiger partial charge in [0.2, 0.25) is 0 Å². The van der Waals surface area contributed by atoms with Crippen LogP contribution in [0.4, 0.5) is 30.7 Å². The molecule has 0 radical (unpaired) electrons. The van der Waals surface area contributed by atoms with Gasteiger partial charge in [-0.1, -0.05) is 0 Å². The van der Waals surface area contributed by atoms with E-state index in [4.69, 9.17) is 5.26 Å². The zero-order valence-corrected chi connectivity index (χ0v) is 11.5. The van der Waals surface area contributed by atoms with Crippen LogP contribution in [0.5, 0.6) is 5.75 Å². The number of alkyl halides is 6. The highest BCUT2D eigenvalue weighted by Gasteiger charge is 2.33. The van der Waals surface area contributed by atoms with Crippen LogP contribution in [0.15, 0.2) is 36.4 Å². The molecule has 0 fully saturated rings. The molecule has 0 saturated heterocycles. The third-order valence-electron chi connectivity index (χ3n) is 2.93. The van der Waals surface area contributed by atoms with Gasteiger partial charge in [-0.15, -0.1) is 13.2 Å². The summed E-state index contributed by atoms with van der Waals surface area (Å²) >= 11 is 0.